The minimum atomic E-state index is -0.459. The molecular weight excluding hydrogens is 394 g/mol. The lowest BCUT2D eigenvalue weighted by molar-refractivity contribution is 0.0172. The normalized spacial score (nSPS) is 22.1. The van der Waals surface area contributed by atoms with Gasteiger partial charge < -0.3 is 19.9 Å². The van der Waals surface area contributed by atoms with E-state index in [2.05, 4.69) is 10.4 Å². The Hall–Kier alpha value is -2.09. The molecule has 8 heteroatoms. The number of nitrogens with one attached hydrogen (secondary N) is 1. The molecule has 0 spiro atoms. The number of fused-ring (bicyclic) bond motifs is 1. The number of ether oxygens (including phenoxy) is 1. The van der Waals surface area contributed by atoms with Gasteiger partial charge in [0.1, 0.15) is 11.3 Å². The second kappa shape index (κ2) is 10.0. The molecule has 0 aromatic carbocycles. The van der Waals surface area contributed by atoms with E-state index in [1.54, 1.807) is 0 Å². The van der Waals surface area contributed by atoms with E-state index >= 15 is 0 Å². The van der Waals surface area contributed by atoms with Gasteiger partial charge in [-0.3, -0.25) is 9.48 Å². The van der Waals surface area contributed by atoms with E-state index < -0.39 is 5.60 Å². The minimum absolute atomic E-state index is 0.0484. The lowest BCUT2D eigenvalue weighted by Crippen LogP contribution is -2.43. The number of aryl methyl sites for hydroxylation is 2. The van der Waals surface area contributed by atoms with E-state index in [-0.39, 0.29) is 12.0 Å². The van der Waals surface area contributed by atoms with Crippen molar-refractivity contribution in [3.63, 3.8) is 0 Å². The second-order valence-corrected chi connectivity index (χ2v) is 10.1. The molecule has 1 aromatic heterocycles. The SMILES string of the molecule is Cc1cc2n(n1)CCCNCC(CC1CCN(C(=O)OC(C)(C)C)CC1)CN(C)C2=O. The Balaban J connectivity index is 1.56. The number of amides is 2. The summed E-state index contributed by atoms with van der Waals surface area (Å²) in [4.78, 5) is 29.0. The number of carbonyl (C=O) groups excluding carboxylic acids is 2. The molecule has 1 unspecified atom stereocenters. The zero-order valence-corrected chi connectivity index (χ0v) is 19.8. The van der Waals surface area contributed by atoms with Gasteiger partial charge in [0.2, 0.25) is 0 Å². The van der Waals surface area contributed by atoms with Crippen LogP contribution in [-0.2, 0) is 11.3 Å². The van der Waals surface area contributed by atoms with E-state index in [0.717, 1.165) is 70.6 Å². The fourth-order valence-electron chi connectivity index (χ4n) is 4.59. The van der Waals surface area contributed by atoms with E-state index in [9.17, 15) is 9.59 Å². The largest absolute Gasteiger partial charge is 0.444 e. The summed E-state index contributed by atoms with van der Waals surface area (Å²) < 4.78 is 7.36. The number of aromatic nitrogens is 2. The molecule has 31 heavy (non-hydrogen) atoms. The summed E-state index contributed by atoms with van der Waals surface area (Å²) in [5.41, 5.74) is 1.11. The van der Waals surface area contributed by atoms with E-state index in [0.29, 0.717) is 17.5 Å². The van der Waals surface area contributed by atoms with Gasteiger partial charge in [-0.1, -0.05) is 0 Å². The Kier molecular flexibility index (Phi) is 7.62. The molecule has 1 saturated heterocycles. The Morgan fingerprint density at radius 1 is 1.23 bits per heavy atom. The Labute approximate surface area is 186 Å². The molecule has 3 heterocycles. The quantitative estimate of drug-likeness (QED) is 0.776. The maximum Gasteiger partial charge on any atom is 0.410 e. The lowest BCUT2D eigenvalue weighted by atomic mass is 9.86. The third-order valence-electron chi connectivity index (χ3n) is 6.09. The van der Waals surface area contributed by atoms with Crippen LogP contribution < -0.4 is 5.32 Å². The summed E-state index contributed by atoms with van der Waals surface area (Å²) in [6.45, 7) is 12.4. The Morgan fingerprint density at radius 3 is 2.61 bits per heavy atom. The van der Waals surface area contributed by atoms with Gasteiger partial charge in [0.05, 0.1) is 5.69 Å². The van der Waals surface area contributed by atoms with Crippen LogP contribution >= 0.6 is 0 Å². The predicted molar refractivity (Wildman–Crippen MR) is 120 cm³/mol. The number of piperidine rings is 1. The average molecular weight is 434 g/mol. The monoisotopic (exact) mass is 433 g/mol. The molecule has 174 valence electrons. The third-order valence-corrected chi connectivity index (χ3v) is 6.09. The molecule has 0 bridgehead atoms. The summed E-state index contributed by atoms with van der Waals surface area (Å²) in [6.07, 6.45) is 3.77. The molecule has 2 aliphatic rings. The van der Waals surface area contributed by atoms with Crippen LogP contribution in [0.25, 0.3) is 0 Å². The zero-order valence-electron chi connectivity index (χ0n) is 19.8. The zero-order chi connectivity index (χ0) is 22.6. The molecule has 3 rings (SSSR count). The van der Waals surface area contributed by atoms with Crippen LogP contribution in [0, 0.1) is 18.8 Å². The van der Waals surface area contributed by atoms with E-state index in [4.69, 9.17) is 4.74 Å². The maximum absolute atomic E-state index is 13.0. The van der Waals surface area contributed by atoms with Crippen molar-refractivity contribution >= 4 is 12.0 Å². The highest BCUT2D eigenvalue weighted by molar-refractivity contribution is 5.92. The van der Waals surface area contributed by atoms with Crippen molar-refractivity contribution in [2.75, 3.05) is 39.8 Å². The highest BCUT2D eigenvalue weighted by Gasteiger charge is 2.29. The Bertz CT molecular complexity index is 762. The van der Waals surface area contributed by atoms with Crippen molar-refractivity contribution in [1.29, 1.82) is 0 Å². The van der Waals surface area contributed by atoms with E-state index in [1.807, 2.05) is 55.3 Å². The summed E-state index contributed by atoms with van der Waals surface area (Å²) >= 11 is 0. The minimum Gasteiger partial charge on any atom is -0.444 e. The van der Waals surface area contributed by atoms with Crippen LogP contribution in [0.4, 0.5) is 4.79 Å². The van der Waals surface area contributed by atoms with Gasteiger partial charge in [-0.2, -0.15) is 5.10 Å². The maximum atomic E-state index is 13.0. The smallest absolute Gasteiger partial charge is 0.410 e. The standard InChI is InChI=1S/C23H39N5O3/c1-17-13-20-21(29)26(5)16-19(15-24-9-6-10-28(20)25-17)14-18-7-11-27(12-8-18)22(30)31-23(2,3)4/h13,18-19,24H,6-12,14-16H2,1-5H3. The van der Waals surface area contributed by atoms with Gasteiger partial charge in [0.15, 0.2) is 0 Å². The summed E-state index contributed by atoms with van der Waals surface area (Å²) in [5, 5.41) is 8.08. The molecule has 1 N–H and O–H groups in total. The first-order valence-corrected chi connectivity index (χ1v) is 11.6. The highest BCUT2D eigenvalue weighted by Crippen LogP contribution is 2.26. The molecule has 0 aliphatic carbocycles. The van der Waals surface area contributed by atoms with E-state index in [1.165, 1.54) is 0 Å². The van der Waals surface area contributed by atoms with Crippen molar-refractivity contribution in [2.45, 2.75) is 65.5 Å². The van der Waals surface area contributed by atoms with Gasteiger partial charge >= 0.3 is 6.09 Å². The van der Waals surface area contributed by atoms with Crippen molar-refractivity contribution in [1.82, 2.24) is 24.9 Å². The summed E-state index contributed by atoms with van der Waals surface area (Å²) in [7, 11) is 1.89. The van der Waals surface area contributed by atoms with Crippen LogP contribution in [0.5, 0.6) is 0 Å². The van der Waals surface area contributed by atoms with Gasteiger partial charge in [0, 0.05) is 33.2 Å². The van der Waals surface area contributed by atoms with Crippen molar-refractivity contribution in [3.8, 4) is 0 Å². The average Bonchev–Trinajstić information content (AvgIpc) is 3.05. The molecular formula is C23H39N5O3. The highest BCUT2D eigenvalue weighted by atomic mass is 16.6. The molecule has 8 nitrogen and oxygen atoms in total. The molecule has 0 saturated carbocycles. The number of rotatable bonds is 2. The van der Waals surface area contributed by atoms with Crippen LogP contribution in [-0.4, -0.2) is 77.0 Å². The number of hydrogen-bond acceptors (Lipinski definition) is 5. The molecule has 1 atom stereocenters. The van der Waals surface area contributed by atoms with Gasteiger partial charge in [-0.15, -0.1) is 0 Å². The molecule has 1 aromatic rings. The fourth-order valence-corrected chi connectivity index (χ4v) is 4.59. The first-order chi connectivity index (χ1) is 14.6. The first kappa shape index (κ1) is 23.6. The van der Waals surface area contributed by atoms with Crippen molar-refractivity contribution in [3.05, 3.63) is 17.5 Å². The molecule has 0 radical (unpaired) electrons. The summed E-state index contributed by atoms with van der Waals surface area (Å²) in [5.74, 6) is 1.00. The lowest BCUT2D eigenvalue weighted by Gasteiger charge is -2.35. The predicted octanol–water partition coefficient (Wildman–Crippen LogP) is 2.91. The third kappa shape index (κ3) is 6.69. The number of nitrogens with zero attached hydrogens (tertiary/aromatic N) is 4. The van der Waals surface area contributed by atoms with Gasteiger partial charge in [-0.05, 0) is 84.4 Å². The number of hydrogen-bond donors (Lipinski definition) is 1. The first-order valence-electron chi connectivity index (χ1n) is 11.6. The molecule has 1 fully saturated rings. The number of carbonyl (C=O) groups is 2. The summed E-state index contributed by atoms with van der Waals surface area (Å²) in [6, 6.07) is 1.89. The number of likely N-dealkylation sites (tertiary alicyclic amines) is 1. The van der Waals surface area contributed by atoms with Crippen LogP contribution in [0.2, 0.25) is 0 Å². The topological polar surface area (TPSA) is 79.7 Å². The van der Waals surface area contributed by atoms with Crippen LogP contribution in [0.1, 0.15) is 62.6 Å². The van der Waals surface area contributed by atoms with Gasteiger partial charge in [0.25, 0.3) is 5.91 Å². The Morgan fingerprint density at radius 2 is 1.94 bits per heavy atom. The van der Waals surface area contributed by atoms with Crippen LogP contribution in [0.15, 0.2) is 6.07 Å². The molecule has 2 amide bonds. The van der Waals surface area contributed by atoms with Crippen molar-refractivity contribution < 1.29 is 14.3 Å². The van der Waals surface area contributed by atoms with Crippen molar-refractivity contribution in [2.24, 2.45) is 11.8 Å². The van der Waals surface area contributed by atoms with Gasteiger partial charge in [-0.25, -0.2) is 4.79 Å². The van der Waals surface area contributed by atoms with Crippen LogP contribution in [0.3, 0.4) is 0 Å². The molecule has 2 aliphatic heterocycles. The second-order valence-electron chi connectivity index (χ2n) is 10.1. The fraction of sp³-hybridized carbons (Fsp3) is 0.783.